The molecular formula is C18H26F3NO2. The lowest BCUT2D eigenvalue weighted by atomic mass is 9.91. The van der Waals surface area contributed by atoms with Crippen molar-refractivity contribution in [1.29, 1.82) is 0 Å². The number of hydrogen-bond donors (Lipinski definition) is 2. The Labute approximate surface area is 141 Å². The highest BCUT2D eigenvalue weighted by Gasteiger charge is 2.25. The first kappa shape index (κ1) is 22.0. The van der Waals surface area contributed by atoms with E-state index in [0.717, 1.165) is 18.1 Å². The third kappa shape index (κ3) is 7.06. The average Bonchev–Trinajstić information content (AvgIpc) is 2.49. The summed E-state index contributed by atoms with van der Waals surface area (Å²) in [6.07, 6.45) is 1.31. The van der Waals surface area contributed by atoms with Crippen molar-refractivity contribution in [3.05, 3.63) is 47.6 Å². The molecule has 1 aromatic carbocycles. The molecule has 3 nitrogen and oxygen atoms in total. The minimum Gasteiger partial charge on any atom is -0.495 e. The summed E-state index contributed by atoms with van der Waals surface area (Å²) < 4.78 is 39.3. The van der Waals surface area contributed by atoms with Gasteiger partial charge in [-0.25, -0.2) is 13.2 Å². The number of halogens is 3. The summed E-state index contributed by atoms with van der Waals surface area (Å²) in [6.45, 7) is 12.7. The maximum atomic E-state index is 13.2. The topological polar surface area (TPSA) is 49.3 Å². The number of rotatable bonds is 6. The number of carbonyl (C=O) groups is 1. The Bertz CT molecular complexity index is 550. The van der Waals surface area contributed by atoms with Crippen LogP contribution in [0.2, 0.25) is 0 Å². The van der Waals surface area contributed by atoms with Gasteiger partial charge in [-0.1, -0.05) is 34.1 Å². The fourth-order valence-corrected chi connectivity index (χ4v) is 1.67. The first-order valence-electron chi connectivity index (χ1n) is 7.80. The van der Waals surface area contributed by atoms with Crippen LogP contribution in [0.25, 0.3) is 0 Å². The first-order chi connectivity index (χ1) is 11.0. The zero-order chi connectivity index (χ0) is 19.0. The molecule has 0 aliphatic heterocycles. The highest BCUT2D eigenvalue weighted by Crippen LogP contribution is 2.26. The van der Waals surface area contributed by atoms with Gasteiger partial charge in [0.25, 0.3) is 0 Å². The van der Waals surface area contributed by atoms with E-state index in [0.29, 0.717) is 0 Å². The molecule has 2 N–H and O–H groups in total. The summed E-state index contributed by atoms with van der Waals surface area (Å²) in [7, 11) is 0. The van der Waals surface area contributed by atoms with Crippen molar-refractivity contribution in [3.63, 3.8) is 0 Å². The lowest BCUT2D eigenvalue weighted by Gasteiger charge is -2.24. The second kappa shape index (κ2) is 10.0. The average molecular weight is 345 g/mol. The van der Waals surface area contributed by atoms with Gasteiger partial charge in [0.1, 0.15) is 5.78 Å². The number of aliphatic hydroxyl groups is 1. The maximum absolute atomic E-state index is 13.2. The van der Waals surface area contributed by atoms with E-state index in [9.17, 15) is 18.0 Å². The second-order valence-corrected chi connectivity index (χ2v) is 6.07. The number of nitrogens with one attached hydrogen (secondary N) is 1. The van der Waals surface area contributed by atoms with Gasteiger partial charge >= 0.3 is 0 Å². The summed E-state index contributed by atoms with van der Waals surface area (Å²) >= 11 is 0. The largest absolute Gasteiger partial charge is 0.495 e. The number of Topliss-reactive ketones (excluding diaryl/α,β-unsaturated/α-hetero) is 1. The summed E-state index contributed by atoms with van der Waals surface area (Å²) in [6, 6.07) is 0.649. The van der Waals surface area contributed by atoms with Crippen molar-refractivity contribution in [3.8, 4) is 0 Å². The van der Waals surface area contributed by atoms with Gasteiger partial charge < -0.3 is 10.4 Å². The normalized spacial score (nSPS) is 12.9. The Balaban J connectivity index is 0.000000922. The SMILES string of the molecule is C=C(O)NC(c1cc(F)c(F)c(F)c1)C(C)C(C)=O.CCC(C)C. The van der Waals surface area contributed by atoms with E-state index in [1.54, 1.807) is 0 Å². The van der Waals surface area contributed by atoms with Gasteiger partial charge in [0.15, 0.2) is 23.3 Å². The van der Waals surface area contributed by atoms with Crippen LogP contribution in [-0.4, -0.2) is 10.9 Å². The number of carbonyl (C=O) groups excluding carboxylic acids is 1. The van der Waals surface area contributed by atoms with Crippen molar-refractivity contribution in [2.45, 2.75) is 47.1 Å². The Morgan fingerprint density at radius 3 is 1.92 bits per heavy atom. The molecule has 0 aliphatic carbocycles. The molecule has 0 spiro atoms. The third-order valence-corrected chi connectivity index (χ3v) is 3.65. The standard InChI is InChI=1S/C13H14F3NO2.C5H12/c1-6(7(2)18)13(17-8(3)19)9-4-10(14)12(16)11(15)5-9;1-4-5(2)3/h4-6,13,17,19H,3H2,1-2H3;5H,4H2,1-3H3. The monoisotopic (exact) mass is 345 g/mol. The maximum Gasteiger partial charge on any atom is 0.194 e. The molecule has 0 fully saturated rings. The highest BCUT2D eigenvalue weighted by atomic mass is 19.2. The Kier molecular flexibility index (Phi) is 9.18. The van der Waals surface area contributed by atoms with Crippen LogP contribution in [0.4, 0.5) is 13.2 Å². The molecule has 1 aromatic rings. The van der Waals surface area contributed by atoms with E-state index >= 15 is 0 Å². The van der Waals surface area contributed by atoms with E-state index in [1.165, 1.54) is 20.3 Å². The summed E-state index contributed by atoms with van der Waals surface area (Å²) in [5.41, 5.74) is 0.00861. The zero-order valence-electron chi connectivity index (χ0n) is 14.8. The number of benzene rings is 1. The molecule has 136 valence electrons. The van der Waals surface area contributed by atoms with Crippen molar-refractivity contribution in [2.75, 3.05) is 0 Å². The fraction of sp³-hybridized carbons (Fsp3) is 0.500. The predicted octanol–water partition coefficient (Wildman–Crippen LogP) is 5.04. The van der Waals surface area contributed by atoms with Crippen LogP contribution in [0.5, 0.6) is 0 Å². The molecule has 2 atom stereocenters. The lowest BCUT2D eigenvalue weighted by molar-refractivity contribution is -0.121. The van der Waals surface area contributed by atoms with E-state index in [4.69, 9.17) is 5.11 Å². The van der Waals surface area contributed by atoms with Crippen LogP contribution < -0.4 is 5.32 Å². The molecule has 0 heterocycles. The number of ketones is 1. The molecule has 0 radical (unpaired) electrons. The van der Waals surface area contributed by atoms with Crippen molar-refractivity contribution < 1.29 is 23.1 Å². The van der Waals surface area contributed by atoms with Crippen molar-refractivity contribution >= 4 is 5.78 Å². The Morgan fingerprint density at radius 2 is 1.62 bits per heavy atom. The fourth-order valence-electron chi connectivity index (χ4n) is 1.67. The van der Waals surface area contributed by atoms with Gasteiger partial charge in [-0.3, -0.25) is 4.79 Å². The molecule has 0 aromatic heterocycles. The Morgan fingerprint density at radius 1 is 1.21 bits per heavy atom. The number of hydrogen-bond acceptors (Lipinski definition) is 3. The molecule has 0 amide bonds. The molecule has 0 saturated heterocycles. The van der Waals surface area contributed by atoms with E-state index in [2.05, 4.69) is 32.7 Å². The van der Waals surface area contributed by atoms with Crippen LogP contribution in [0.15, 0.2) is 24.6 Å². The van der Waals surface area contributed by atoms with Crippen LogP contribution in [0, 0.1) is 29.3 Å². The van der Waals surface area contributed by atoms with Gasteiger partial charge in [-0.15, -0.1) is 0 Å². The molecule has 0 bridgehead atoms. The molecule has 1 rings (SSSR count). The van der Waals surface area contributed by atoms with Crippen LogP contribution in [-0.2, 0) is 4.79 Å². The minimum atomic E-state index is -1.58. The van der Waals surface area contributed by atoms with Gasteiger partial charge in [0.05, 0.1) is 6.04 Å². The van der Waals surface area contributed by atoms with Gasteiger partial charge in [0.2, 0.25) is 0 Å². The van der Waals surface area contributed by atoms with E-state index in [1.807, 2.05) is 0 Å². The van der Waals surface area contributed by atoms with Crippen LogP contribution in [0.1, 0.15) is 52.6 Å². The molecule has 2 unspecified atom stereocenters. The smallest absolute Gasteiger partial charge is 0.194 e. The first-order valence-corrected chi connectivity index (χ1v) is 7.80. The molecular weight excluding hydrogens is 319 g/mol. The van der Waals surface area contributed by atoms with Gasteiger partial charge in [0, 0.05) is 5.92 Å². The minimum absolute atomic E-state index is 0.00861. The number of aliphatic hydroxyl groups excluding tert-OH is 1. The Hall–Kier alpha value is -1.98. The van der Waals surface area contributed by atoms with E-state index < -0.39 is 35.3 Å². The summed E-state index contributed by atoms with van der Waals surface area (Å²) in [4.78, 5) is 11.4. The van der Waals surface area contributed by atoms with E-state index in [-0.39, 0.29) is 11.3 Å². The third-order valence-electron chi connectivity index (χ3n) is 3.65. The van der Waals surface area contributed by atoms with Gasteiger partial charge in [-0.2, -0.15) is 0 Å². The predicted molar refractivity (Wildman–Crippen MR) is 88.9 cm³/mol. The van der Waals surface area contributed by atoms with Crippen molar-refractivity contribution in [1.82, 2.24) is 5.32 Å². The zero-order valence-corrected chi connectivity index (χ0v) is 14.8. The van der Waals surface area contributed by atoms with Crippen LogP contribution >= 0.6 is 0 Å². The highest BCUT2D eigenvalue weighted by molar-refractivity contribution is 5.78. The molecule has 0 saturated carbocycles. The van der Waals surface area contributed by atoms with Crippen LogP contribution in [0.3, 0.4) is 0 Å². The second-order valence-electron chi connectivity index (χ2n) is 6.07. The summed E-state index contributed by atoms with van der Waals surface area (Å²) in [5.74, 6) is -4.82. The van der Waals surface area contributed by atoms with Gasteiger partial charge in [-0.05, 0) is 37.1 Å². The molecule has 6 heteroatoms. The summed E-state index contributed by atoms with van der Waals surface area (Å²) in [5, 5.41) is 11.6. The molecule has 24 heavy (non-hydrogen) atoms. The quantitative estimate of drug-likeness (QED) is 0.561. The molecule has 0 aliphatic rings. The lowest BCUT2D eigenvalue weighted by Crippen LogP contribution is -2.30. The van der Waals surface area contributed by atoms with Crippen molar-refractivity contribution in [2.24, 2.45) is 11.8 Å².